The largest absolute Gasteiger partial charge is 0.462 e. The van der Waals surface area contributed by atoms with Crippen LogP contribution < -0.4 is 0 Å². The van der Waals surface area contributed by atoms with E-state index in [0.717, 1.165) is 57.8 Å². The smallest absolute Gasteiger partial charge is 0.306 e. The molecule has 0 spiro atoms. The van der Waals surface area contributed by atoms with Crippen molar-refractivity contribution < 1.29 is 73.8 Å². The van der Waals surface area contributed by atoms with Crippen LogP contribution in [0.1, 0.15) is 232 Å². The molecule has 15 nitrogen and oxygen atoms in total. The fraction of sp³-hybridized carbons (Fsp3) is 0.927. The van der Waals surface area contributed by atoms with Gasteiger partial charge in [-0.25, -0.2) is 0 Å². The standard InChI is InChI=1S/C55H102O15/c1-3-5-7-9-11-13-15-17-19-21-22-24-25-27-29-31-33-35-37-46(57)65-40-43(68-47(58)38-36-34-32-30-28-26-23-20-18-16-14-12-10-8-6-4-2)41-66-54-53(64)51(62)49(60)45(70-54)42-67-55-52(63)50(61)48(59)44(39-56)69-55/h20,23,43-45,48-56,59-64H,3-19,21-22,24-42H2,1-2H3/b23-20-. The highest BCUT2D eigenvalue weighted by atomic mass is 16.7. The highest BCUT2D eigenvalue weighted by molar-refractivity contribution is 5.70. The van der Waals surface area contributed by atoms with E-state index in [4.69, 9.17) is 28.4 Å². The maximum absolute atomic E-state index is 13.0. The quantitative estimate of drug-likeness (QED) is 0.0172. The summed E-state index contributed by atoms with van der Waals surface area (Å²) >= 11 is 0. The summed E-state index contributed by atoms with van der Waals surface area (Å²) < 4.78 is 33.7. The lowest BCUT2D eigenvalue weighted by atomic mass is 9.98. The predicted molar refractivity (Wildman–Crippen MR) is 271 cm³/mol. The average molecular weight is 1000 g/mol. The Bertz CT molecular complexity index is 1270. The van der Waals surface area contributed by atoms with Crippen molar-refractivity contribution in [1.29, 1.82) is 0 Å². The Balaban J connectivity index is 1.77. The molecule has 2 fully saturated rings. The summed E-state index contributed by atoms with van der Waals surface area (Å²) in [6, 6.07) is 0. The molecule has 412 valence electrons. The van der Waals surface area contributed by atoms with E-state index < -0.39 is 92.7 Å². The van der Waals surface area contributed by atoms with Gasteiger partial charge >= 0.3 is 11.9 Å². The second kappa shape index (κ2) is 42.6. The third-order valence-corrected chi connectivity index (χ3v) is 13.7. The third-order valence-electron chi connectivity index (χ3n) is 13.7. The van der Waals surface area contributed by atoms with Crippen LogP contribution in [-0.4, -0.2) is 142 Å². The summed E-state index contributed by atoms with van der Waals surface area (Å²) in [4.78, 5) is 25.8. The summed E-state index contributed by atoms with van der Waals surface area (Å²) in [7, 11) is 0. The number of rotatable bonds is 45. The minimum Gasteiger partial charge on any atom is -0.462 e. The van der Waals surface area contributed by atoms with Gasteiger partial charge in [0.15, 0.2) is 18.7 Å². The zero-order valence-electron chi connectivity index (χ0n) is 43.8. The molecule has 0 radical (unpaired) electrons. The van der Waals surface area contributed by atoms with Gasteiger partial charge in [-0.2, -0.15) is 0 Å². The van der Waals surface area contributed by atoms with Crippen LogP contribution in [0.25, 0.3) is 0 Å². The number of ether oxygens (including phenoxy) is 6. The number of carbonyl (C=O) groups excluding carboxylic acids is 2. The van der Waals surface area contributed by atoms with Crippen LogP contribution in [0.4, 0.5) is 0 Å². The van der Waals surface area contributed by atoms with Crippen molar-refractivity contribution in [3.8, 4) is 0 Å². The maximum Gasteiger partial charge on any atom is 0.306 e. The van der Waals surface area contributed by atoms with E-state index in [2.05, 4.69) is 26.0 Å². The summed E-state index contributed by atoms with van der Waals surface area (Å²) in [5.41, 5.74) is 0. The molecule has 0 bridgehead atoms. The van der Waals surface area contributed by atoms with E-state index >= 15 is 0 Å². The predicted octanol–water partition coefficient (Wildman–Crippen LogP) is 8.94. The molecule has 7 N–H and O–H groups in total. The highest BCUT2D eigenvalue weighted by Gasteiger charge is 2.47. The van der Waals surface area contributed by atoms with E-state index in [0.29, 0.717) is 12.8 Å². The van der Waals surface area contributed by atoms with Crippen LogP contribution in [0.5, 0.6) is 0 Å². The molecule has 11 atom stereocenters. The lowest BCUT2D eigenvalue weighted by Crippen LogP contribution is -2.61. The number of allylic oxidation sites excluding steroid dienone is 2. The van der Waals surface area contributed by atoms with Crippen LogP contribution >= 0.6 is 0 Å². The number of aliphatic hydroxyl groups excluding tert-OH is 7. The molecule has 0 aromatic carbocycles. The number of hydrogen-bond acceptors (Lipinski definition) is 15. The van der Waals surface area contributed by atoms with Gasteiger partial charge in [0.25, 0.3) is 0 Å². The molecule has 2 rings (SSSR count). The van der Waals surface area contributed by atoms with Crippen LogP contribution in [0.2, 0.25) is 0 Å². The maximum atomic E-state index is 13.0. The number of unbranched alkanes of at least 4 members (excludes halogenated alkanes) is 29. The van der Waals surface area contributed by atoms with Crippen molar-refractivity contribution in [3.05, 3.63) is 12.2 Å². The van der Waals surface area contributed by atoms with Gasteiger partial charge in [0, 0.05) is 12.8 Å². The Morgan fingerprint density at radius 2 is 0.814 bits per heavy atom. The zero-order valence-corrected chi connectivity index (χ0v) is 43.8. The van der Waals surface area contributed by atoms with E-state index in [-0.39, 0.29) is 26.1 Å². The zero-order chi connectivity index (χ0) is 51.0. The molecule has 70 heavy (non-hydrogen) atoms. The number of aliphatic hydroxyl groups is 7. The number of esters is 2. The van der Waals surface area contributed by atoms with Crippen molar-refractivity contribution >= 4 is 11.9 Å². The first-order valence-electron chi connectivity index (χ1n) is 28.3. The Kier molecular flexibility index (Phi) is 39.1. The summed E-state index contributed by atoms with van der Waals surface area (Å²) in [6.07, 6.45) is 26.6. The van der Waals surface area contributed by atoms with E-state index in [1.165, 1.54) is 135 Å². The Labute approximate surface area is 422 Å². The molecule has 2 aliphatic heterocycles. The average Bonchev–Trinajstić information content (AvgIpc) is 3.35. The lowest BCUT2D eigenvalue weighted by molar-refractivity contribution is -0.332. The van der Waals surface area contributed by atoms with Crippen LogP contribution in [0.3, 0.4) is 0 Å². The topological polar surface area (TPSA) is 231 Å². The molecule has 2 heterocycles. The van der Waals surface area contributed by atoms with Gasteiger partial charge in [-0.15, -0.1) is 0 Å². The fourth-order valence-corrected chi connectivity index (χ4v) is 9.10. The molecule has 0 aromatic heterocycles. The molecule has 11 unspecified atom stereocenters. The highest BCUT2D eigenvalue weighted by Crippen LogP contribution is 2.27. The Hall–Kier alpha value is -1.76. The van der Waals surface area contributed by atoms with E-state index in [9.17, 15) is 45.3 Å². The first-order chi connectivity index (χ1) is 34.0. The van der Waals surface area contributed by atoms with Gasteiger partial charge in [-0.05, 0) is 38.5 Å². The van der Waals surface area contributed by atoms with Gasteiger partial charge in [0.2, 0.25) is 0 Å². The van der Waals surface area contributed by atoms with Crippen molar-refractivity contribution in [2.75, 3.05) is 26.4 Å². The summed E-state index contributed by atoms with van der Waals surface area (Å²) in [6.45, 7) is 2.62. The van der Waals surface area contributed by atoms with Crippen molar-refractivity contribution in [2.45, 2.75) is 300 Å². The number of hydrogen-bond donors (Lipinski definition) is 7. The second-order valence-corrected chi connectivity index (χ2v) is 20.1. The SMILES string of the molecule is CCCCCCCCC/C=C\CCCCCCCC(=O)OC(COC(=O)CCCCCCCCCCCCCCCCCCCC)COC1OC(COC2OC(CO)C(O)C(O)C2O)C(O)C(O)C1O. The Morgan fingerprint density at radius 3 is 1.26 bits per heavy atom. The fourth-order valence-electron chi connectivity index (χ4n) is 9.10. The monoisotopic (exact) mass is 1000 g/mol. The van der Waals surface area contributed by atoms with Crippen molar-refractivity contribution in [3.63, 3.8) is 0 Å². The molecule has 2 aliphatic rings. The Morgan fingerprint density at radius 1 is 0.443 bits per heavy atom. The molecular weight excluding hydrogens is 901 g/mol. The third kappa shape index (κ3) is 29.8. The van der Waals surface area contributed by atoms with Crippen LogP contribution in [-0.2, 0) is 38.0 Å². The first kappa shape index (κ1) is 64.4. The number of carbonyl (C=O) groups is 2. The molecule has 15 heteroatoms. The lowest BCUT2D eigenvalue weighted by Gasteiger charge is -2.42. The first-order valence-corrected chi connectivity index (χ1v) is 28.3. The van der Waals surface area contributed by atoms with Crippen molar-refractivity contribution in [1.82, 2.24) is 0 Å². The molecule has 2 saturated heterocycles. The molecule has 0 aliphatic carbocycles. The van der Waals surface area contributed by atoms with Gasteiger partial charge in [0.05, 0.1) is 19.8 Å². The van der Waals surface area contributed by atoms with Gasteiger partial charge in [-0.1, -0.05) is 193 Å². The summed E-state index contributed by atoms with van der Waals surface area (Å²) in [5, 5.41) is 72.2. The molecule has 0 aromatic rings. The van der Waals surface area contributed by atoms with Crippen LogP contribution in [0, 0.1) is 0 Å². The molecular formula is C55H102O15. The summed E-state index contributed by atoms with van der Waals surface area (Å²) in [5.74, 6) is -0.920. The van der Waals surface area contributed by atoms with Gasteiger partial charge in [-0.3, -0.25) is 9.59 Å². The molecule has 0 saturated carbocycles. The van der Waals surface area contributed by atoms with E-state index in [1.54, 1.807) is 0 Å². The van der Waals surface area contributed by atoms with Crippen molar-refractivity contribution in [2.24, 2.45) is 0 Å². The second-order valence-electron chi connectivity index (χ2n) is 20.1. The minimum atomic E-state index is -1.76. The van der Waals surface area contributed by atoms with E-state index in [1.807, 2.05) is 0 Å². The van der Waals surface area contributed by atoms with Gasteiger partial charge in [0.1, 0.15) is 55.4 Å². The normalized spacial score (nSPS) is 25.4. The molecule has 0 amide bonds. The van der Waals surface area contributed by atoms with Crippen LogP contribution in [0.15, 0.2) is 12.2 Å². The van der Waals surface area contributed by atoms with Gasteiger partial charge < -0.3 is 64.2 Å². The minimum absolute atomic E-state index is 0.160.